The number of Topliss-reactive ketones (excluding diaryl/α,β-unsaturated/α-hetero) is 1. The maximum Gasteiger partial charge on any atom is 0.335 e. The maximum atomic E-state index is 12.8. The van der Waals surface area contributed by atoms with Crippen LogP contribution >= 0.6 is 11.8 Å². The number of primary amides is 1. The van der Waals surface area contributed by atoms with Gasteiger partial charge < -0.3 is 10.8 Å². The lowest BCUT2D eigenvalue weighted by molar-refractivity contribution is 0.0696. The van der Waals surface area contributed by atoms with E-state index in [9.17, 15) is 14.4 Å². The first-order valence-corrected chi connectivity index (χ1v) is 9.80. The summed E-state index contributed by atoms with van der Waals surface area (Å²) in [5, 5.41) is 8.84. The first kappa shape index (κ1) is 20.4. The van der Waals surface area contributed by atoms with E-state index in [1.807, 2.05) is 42.5 Å². The molecule has 3 aromatic rings. The number of nitrogens with two attached hydrogens (primary N) is 1. The van der Waals surface area contributed by atoms with E-state index in [0.717, 1.165) is 10.5 Å². The lowest BCUT2D eigenvalue weighted by Gasteiger charge is -2.17. The summed E-state index contributed by atoms with van der Waals surface area (Å²) in [5.74, 6) is -1.62. The molecule has 0 radical (unpaired) electrons. The van der Waals surface area contributed by atoms with Gasteiger partial charge in [-0.3, -0.25) is 9.59 Å². The van der Waals surface area contributed by atoms with Crippen molar-refractivity contribution in [3.8, 4) is 0 Å². The van der Waals surface area contributed by atoms with Crippen LogP contribution in [0.25, 0.3) is 0 Å². The number of rotatable bonds is 8. The molecular weight excluding hydrogens is 386 g/mol. The topological polar surface area (TPSA) is 97.5 Å². The highest BCUT2D eigenvalue weighted by atomic mass is 32.2. The molecule has 0 heterocycles. The number of benzene rings is 3. The Morgan fingerprint density at radius 1 is 0.793 bits per heavy atom. The fourth-order valence-corrected chi connectivity index (χ4v) is 4.01. The van der Waals surface area contributed by atoms with Crippen LogP contribution in [0, 0.1) is 0 Å². The monoisotopic (exact) mass is 405 g/mol. The molecule has 0 saturated carbocycles. The minimum Gasteiger partial charge on any atom is -0.478 e. The highest BCUT2D eigenvalue weighted by molar-refractivity contribution is 7.99. The van der Waals surface area contributed by atoms with Crippen LogP contribution in [0.15, 0.2) is 83.8 Å². The number of carbonyl (C=O) groups excluding carboxylic acids is 2. The van der Waals surface area contributed by atoms with Crippen LogP contribution in [0.2, 0.25) is 0 Å². The van der Waals surface area contributed by atoms with E-state index in [1.165, 1.54) is 24.3 Å². The van der Waals surface area contributed by atoms with Gasteiger partial charge in [0.2, 0.25) is 5.91 Å². The van der Waals surface area contributed by atoms with Gasteiger partial charge in [-0.1, -0.05) is 42.5 Å². The fourth-order valence-electron chi connectivity index (χ4n) is 2.84. The van der Waals surface area contributed by atoms with Gasteiger partial charge >= 0.3 is 5.97 Å². The summed E-state index contributed by atoms with van der Waals surface area (Å²) in [4.78, 5) is 36.2. The van der Waals surface area contributed by atoms with Crippen molar-refractivity contribution in [2.75, 3.05) is 0 Å². The zero-order valence-corrected chi connectivity index (χ0v) is 16.3. The van der Waals surface area contributed by atoms with Gasteiger partial charge in [0.1, 0.15) is 0 Å². The maximum absolute atomic E-state index is 12.8. The molecule has 0 fully saturated rings. The van der Waals surface area contributed by atoms with Crippen molar-refractivity contribution in [2.24, 2.45) is 5.73 Å². The number of carboxylic acids is 1. The number of thioether (sulfide) groups is 1. The fraction of sp³-hybridized carbons (Fsp3) is 0.0870. The molecule has 0 aromatic heterocycles. The Kier molecular flexibility index (Phi) is 6.46. The Labute approximate surface area is 172 Å². The van der Waals surface area contributed by atoms with Crippen LogP contribution in [0.3, 0.4) is 0 Å². The lowest BCUT2D eigenvalue weighted by atomic mass is 10.0. The quantitative estimate of drug-likeness (QED) is 0.422. The average Bonchev–Trinajstić information content (AvgIpc) is 2.74. The van der Waals surface area contributed by atoms with Gasteiger partial charge in [-0.2, -0.15) is 0 Å². The second-order valence-electron chi connectivity index (χ2n) is 6.42. The number of hydrogen-bond donors (Lipinski definition) is 2. The third-order valence-electron chi connectivity index (χ3n) is 4.41. The smallest absolute Gasteiger partial charge is 0.335 e. The third-order valence-corrected chi connectivity index (χ3v) is 5.68. The van der Waals surface area contributed by atoms with Crippen molar-refractivity contribution in [1.82, 2.24) is 0 Å². The molecule has 5 nitrogen and oxygen atoms in total. The first-order chi connectivity index (χ1) is 13.9. The molecule has 0 aliphatic carbocycles. The van der Waals surface area contributed by atoms with Crippen molar-refractivity contribution in [3.63, 3.8) is 0 Å². The lowest BCUT2D eigenvalue weighted by Crippen LogP contribution is -2.11. The third kappa shape index (κ3) is 5.33. The summed E-state index contributed by atoms with van der Waals surface area (Å²) in [6.07, 6.45) is 0.224. The molecule has 29 heavy (non-hydrogen) atoms. The normalized spacial score (nSPS) is 11.6. The molecule has 146 valence electrons. The second-order valence-corrected chi connectivity index (χ2v) is 7.69. The molecule has 1 unspecified atom stereocenters. The van der Waals surface area contributed by atoms with Crippen molar-refractivity contribution >= 4 is 29.4 Å². The Hall–Kier alpha value is -3.38. The summed E-state index contributed by atoms with van der Waals surface area (Å²) < 4.78 is 0. The number of carboxylic acid groups (broad SMARTS) is 1. The van der Waals surface area contributed by atoms with Crippen LogP contribution < -0.4 is 5.73 Å². The summed E-state index contributed by atoms with van der Waals surface area (Å²) in [6.45, 7) is 0. The molecule has 0 aliphatic heterocycles. The van der Waals surface area contributed by atoms with Crippen LogP contribution in [-0.2, 0) is 0 Å². The standard InChI is InChI=1S/C23H19NO4S/c24-22(26)17-10-8-16(9-11-17)21(29-19-4-2-1-3-5-19)14-20(25)15-6-12-18(13-7-15)23(27)28/h1-13,21H,14H2,(H2,24,26)(H,27,28). The Bertz CT molecular complexity index is 1020. The second kappa shape index (κ2) is 9.21. The van der Waals surface area contributed by atoms with E-state index in [2.05, 4.69) is 0 Å². The number of amides is 1. The van der Waals surface area contributed by atoms with Gasteiger partial charge in [0.15, 0.2) is 5.78 Å². The van der Waals surface area contributed by atoms with E-state index in [-0.39, 0.29) is 23.0 Å². The molecule has 1 atom stereocenters. The number of hydrogen-bond acceptors (Lipinski definition) is 4. The van der Waals surface area contributed by atoms with E-state index < -0.39 is 11.9 Å². The van der Waals surface area contributed by atoms with Gasteiger partial charge in [-0.25, -0.2) is 4.79 Å². The molecule has 3 rings (SSSR count). The SMILES string of the molecule is NC(=O)c1ccc(C(CC(=O)c2ccc(C(=O)O)cc2)Sc2ccccc2)cc1. The first-order valence-electron chi connectivity index (χ1n) is 8.92. The van der Waals surface area contributed by atoms with Crippen molar-refractivity contribution in [1.29, 1.82) is 0 Å². The average molecular weight is 405 g/mol. The molecule has 0 spiro atoms. The van der Waals surface area contributed by atoms with E-state index in [1.54, 1.807) is 23.9 Å². The highest BCUT2D eigenvalue weighted by Gasteiger charge is 2.19. The molecule has 0 saturated heterocycles. The molecule has 0 aliphatic rings. The van der Waals surface area contributed by atoms with E-state index >= 15 is 0 Å². The van der Waals surface area contributed by atoms with Gasteiger partial charge in [-0.05, 0) is 42.0 Å². The van der Waals surface area contributed by atoms with Crippen LogP contribution in [0.1, 0.15) is 48.3 Å². The summed E-state index contributed by atoms with van der Waals surface area (Å²) in [6, 6.07) is 22.6. The zero-order valence-electron chi connectivity index (χ0n) is 15.4. The van der Waals surface area contributed by atoms with E-state index in [0.29, 0.717) is 11.1 Å². The van der Waals surface area contributed by atoms with Crippen LogP contribution in [0.5, 0.6) is 0 Å². The van der Waals surface area contributed by atoms with Gasteiger partial charge in [-0.15, -0.1) is 11.8 Å². The highest BCUT2D eigenvalue weighted by Crippen LogP contribution is 2.38. The van der Waals surface area contributed by atoms with Crippen LogP contribution in [-0.4, -0.2) is 22.8 Å². The van der Waals surface area contributed by atoms with Gasteiger partial charge in [0, 0.05) is 27.7 Å². The Balaban J connectivity index is 1.84. The Morgan fingerprint density at radius 3 is 1.90 bits per heavy atom. The van der Waals surface area contributed by atoms with Crippen molar-refractivity contribution in [3.05, 3.63) is 101 Å². The largest absolute Gasteiger partial charge is 0.478 e. The summed E-state index contributed by atoms with van der Waals surface area (Å²) in [5.41, 5.74) is 7.22. The summed E-state index contributed by atoms with van der Waals surface area (Å²) >= 11 is 1.56. The minimum absolute atomic E-state index is 0.0886. The molecule has 0 bridgehead atoms. The molecule has 3 N–H and O–H groups in total. The molecule has 3 aromatic carbocycles. The number of ketones is 1. The molecule has 6 heteroatoms. The van der Waals surface area contributed by atoms with Gasteiger partial charge in [0.25, 0.3) is 0 Å². The zero-order chi connectivity index (χ0) is 20.8. The molecule has 1 amide bonds. The number of carbonyl (C=O) groups is 3. The molecular formula is C23H19NO4S. The van der Waals surface area contributed by atoms with Crippen molar-refractivity contribution < 1.29 is 19.5 Å². The predicted octanol–water partition coefficient (Wildman–Crippen LogP) is 4.59. The number of aromatic carboxylic acids is 1. The Morgan fingerprint density at radius 2 is 1.34 bits per heavy atom. The van der Waals surface area contributed by atoms with Gasteiger partial charge in [0.05, 0.1) is 5.56 Å². The summed E-state index contributed by atoms with van der Waals surface area (Å²) in [7, 11) is 0. The predicted molar refractivity (Wildman–Crippen MR) is 112 cm³/mol. The van der Waals surface area contributed by atoms with E-state index in [4.69, 9.17) is 10.8 Å². The van der Waals surface area contributed by atoms with Crippen LogP contribution in [0.4, 0.5) is 0 Å². The minimum atomic E-state index is -1.03. The van der Waals surface area contributed by atoms with Crippen molar-refractivity contribution in [2.45, 2.75) is 16.6 Å².